The van der Waals surface area contributed by atoms with Crippen LogP contribution in [-0.4, -0.2) is 24.7 Å². The van der Waals surface area contributed by atoms with Crippen molar-refractivity contribution < 1.29 is 14.3 Å². The van der Waals surface area contributed by atoms with Crippen LogP contribution in [0.3, 0.4) is 0 Å². The summed E-state index contributed by atoms with van der Waals surface area (Å²) < 4.78 is 12.4. The molecular weight excluding hydrogens is 292 g/mol. The second-order valence-corrected chi connectivity index (χ2v) is 5.22. The predicted octanol–water partition coefficient (Wildman–Crippen LogP) is 3.45. The number of aryl methyl sites for hydroxylation is 1. The molecule has 0 radical (unpaired) electrons. The number of hydrogen-bond acceptors (Lipinski definition) is 3. The van der Waals surface area contributed by atoms with Gasteiger partial charge in [0.2, 0.25) is 0 Å². The normalized spacial score (nSPS) is 10.6. The lowest BCUT2D eigenvalue weighted by molar-refractivity contribution is 0.102. The van der Waals surface area contributed by atoms with Gasteiger partial charge in [0.05, 0.1) is 14.2 Å². The predicted molar refractivity (Wildman–Crippen MR) is 90.4 cm³/mol. The fraction of sp³-hybridized carbons (Fsp3) is 0.167. The number of ether oxygens (including phenoxy) is 2. The summed E-state index contributed by atoms with van der Waals surface area (Å²) in [5.74, 6) is 1.03. The van der Waals surface area contributed by atoms with Crippen molar-refractivity contribution in [2.75, 3.05) is 19.5 Å². The van der Waals surface area contributed by atoms with Crippen LogP contribution in [0.15, 0.2) is 48.7 Å². The summed E-state index contributed by atoms with van der Waals surface area (Å²) in [7, 11) is 5.09. The number of fused-ring (bicyclic) bond motifs is 1. The summed E-state index contributed by atoms with van der Waals surface area (Å²) in [6.45, 7) is 0. The monoisotopic (exact) mass is 310 g/mol. The Morgan fingerprint density at radius 2 is 1.78 bits per heavy atom. The molecule has 0 atom stereocenters. The Morgan fingerprint density at radius 1 is 1.00 bits per heavy atom. The topological polar surface area (TPSA) is 52.5 Å². The summed E-state index contributed by atoms with van der Waals surface area (Å²) in [6, 6.07) is 12.9. The van der Waals surface area contributed by atoms with Gasteiger partial charge in [-0.2, -0.15) is 0 Å². The highest BCUT2D eigenvalue weighted by molar-refractivity contribution is 6.06. The van der Waals surface area contributed by atoms with Gasteiger partial charge in [0, 0.05) is 36.1 Å². The van der Waals surface area contributed by atoms with Crippen molar-refractivity contribution in [1.82, 2.24) is 4.57 Å². The molecular formula is C18H18N2O3. The van der Waals surface area contributed by atoms with Crippen LogP contribution in [0.5, 0.6) is 11.5 Å². The van der Waals surface area contributed by atoms with Gasteiger partial charge in [-0.15, -0.1) is 0 Å². The third-order valence-electron chi connectivity index (χ3n) is 3.79. The molecule has 118 valence electrons. The molecule has 23 heavy (non-hydrogen) atoms. The Hall–Kier alpha value is -2.95. The van der Waals surface area contributed by atoms with Crippen molar-refractivity contribution in [2.24, 2.45) is 7.05 Å². The number of rotatable bonds is 4. The number of anilines is 1. The van der Waals surface area contributed by atoms with Gasteiger partial charge < -0.3 is 19.4 Å². The number of nitrogens with zero attached hydrogens (tertiary/aromatic N) is 1. The van der Waals surface area contributed by atoms with E-state index in [0.29, 0.717) is 22.7 Å². The minimum Gasteiger partial charge on any atom is -0.493 e. The van der Waals surface area contributed by atoms with Gasteiger partial charge in [-0.05, 0) is 35.7 Å². The first-order valence-corrected chi connectivity index (χ1v) is 7.21. The molecule has 0 saturated heterocycles. The first-order valence-electron chi connectivity index (χ1n) is 7.21. The van der Waals surface area contributed by atoms with Crippen LogP contribution >= 0.6 is 0 Å². The van der Waals surface area contributed by atoms with Gasteiger partial charge in [0.15, 0.2) is 11.5 Å². The van der Waals surface area contributed by atoms with Crippen LogP contribution in [0.1, 0.15) is 10.4 Å². The van der Waals surface area contributed by atoms with E-state index in [1.807, 2.05) is 42.1 Å². The van der Waals surface area contributed by atoms with Gasteiger partial charge in [-0.1, -0.05) is 6.07 Å². The van der Waals surface area contributed by atoms with E-state index in [-0.39, 0.29) is 5.91 Å². The van der Waals surface area contributed by atoms with Crippen LogP contribution in [-0.2, 0) is 7.05 Å². The molecule has 0 saturated carbocycles. The summed E-state index contributed by atoms with van der Waals surface area (Å²) >= 11 is 0. The van der Waals surface area contributed by atoms with Crippen molar-refractivity contribution >= 4 is 22.5 Å². The van der Waals surface area contributed by atoms with E-state index in [9.17, 15) is 4.79 Å². The summed E-state index contributed by atoms with van der Waals surface area (Å²) in [4.78, 5) is 12.5. The van der Waals surface area contributed by atoms with Crippen molar-refractivity contribution in [3.63, 3.8) is 0 Å². The van der Waals surface area contributed by atoms with E-state index in [0.717, 1.165) is 10.9 Å². The summed E-state index contributed by atoms with van der Waals surface area (Å²) in [5, 5.41) is 3.98. The van der Waals surface area contributed by atoms with Gasteiger partial charge in [-0.3, -0.25) is 4.79 Å². The maximum Gasteiger partial charge on any atom is 0.255 e. The number of aromatic nitrogens is 1. The van der Waals surface area contributed by atoms with Gasteiger partial charge in [-0.25, -0.2) is 0 Å². The molecule has 1 N–H and O–H groups in total. The van der Waals surface area contributed by atoms with Crippen molar-refractivity contribution in [3.8, 4) is 11.5 Å². The molecule has 1 heterocycles. The molecule has 0 spiro atoms. The maximum atomic E-state index is 12.5. The Morgan fingerprint density at radius 3 is 2.52 bits per heavy atom. The van der Waals surface area contributed by atoms with Gasteiger partial charge >= 0.3 is 0 Å². The fourth-order valence-electron chi connectivity index (χ4n) is 2.52. The van der Waals surface area contributed by atoms with Crippen molar-refractivity contribution in [3.05, 3.63) is 54.2 Å². The van der Waals surface area contributed by atoms with Crippen LogP contribution in [0.2, 0.25) is 0 Å². The molecule has 0 fully saturated rings. The number of carbonyl (C=O) groups excluding carboxylic acids is 1. The zero-order valence-corrected chi connectivity index (χ0v) is 13.3. The average molecular weight is 310 g/mol. The molecule has 5 heteroatoms. The highest BCUT2D eigenvalue weighted by Gasteiger charge is 2.10. The molecule has 3 rings (SSSR count). The third kappa shape index (κ3) is 2.85. The largest absolute Gasteiger partial charge is 0.493 e. The SMILES string of the molecule is COc1ccc(NC(=O)c2ccc3ccn(C)c3c2)cc1OC. The van der Waals surface area contributed by atoms with Gasteiger partial charge in [0.1, 0.15) is 0 Å². The number of carbonyl (C=O) groups is 1. The minimum absolute atomic E-state index is 0.166. The molecule has 1 amide bonds. The van der Waals surface area contributed by atoms with Crippen molar-refractivity contribution in [1.29, 1.82) is 0 Å². The molecule has 1 aromatic heterocycles. The first-order chi connectivity index (χ1) is 11.1. The lowest BCUT2D eigenvalue weighted by atomic mass is 10.1. The summed E-state index contributed by atoms with van der Waals surface area (Å²) in [5.41, 5.74) is 2.28. The zero-order valence-electron chi connectivity index (χ0n) is 13.3. The smallest absolute Gasteiger partial charge is 0.255 e. The quantitative estimate of drug-likeness (QED) is 0.803. The van der Waals surface area contributed by atoms with Crippen molar-refractivity contribution in [2.45, 2.75) is 0 Å². The third-order valence-corrected chi connectivity index (χ3v) is 3.79. The second kappa shape index (κ2) is 6.04. The second-order valence-electron chi connectivity index (χ2n) is 5.22. The number of nitrogens with one attached hydrogen (secondary N) is 1. The Balaban J connectivity index is 1.86. The highest BCUT2D eigenvalue weighted by Crippen LogP contribution is 2.30. The zero-order chi connectivity index (χ0) is 16.4. The van der Waals surface area contributed by atoms with E-state index in [1.165, 1.54) is 0 Å². The number of amides is 1. The molecule has 0 bridgehead atoms. The van der Waals surface area contributed by atoms with Crippen LogP contribution in [0.4, 0.5) is 5.69 Å². The average Bonchev–Trinajstić information content (AvgIpc) is 2.95. The first kappa shape index (κ1) is 15.0. The summed E-state index contributed by atoms with van der Waals surface area (Å²) in [6.07, 6.45) is 1.97. The highest BCUT2D eigenvalue weighted by atomic mass is 16.5. The Kier molecular flexibility index (Phi) is 3.93. The number of methoxy groups -OCH3 is 2. The lowest BCUT2D eigenvalue weighted by Crippen LogP contribution is -2.12. The lowest BCUT2D eigenvalue weighted by Gasteiger charge is -2.11. The maximum absolute atomic E-state index is 12.5. The molecule has 0 aliphatic rings. The van der Waals surface area contributed by atoms with Crippen LogP contribution in [0.25, 0.3) is 10.9 Å². The molecule has 5 nitrogen and oxygen atoms in total. The fourth-order valence-corrected chi connectivity index (χ4v) is 2.52. The Labute approximate surface area is 134 Å². The standard InChI is InChI=1S/C18H18N2O3/c1-20-9-8-12-4-5-13(10-15(12)20)18(21)19-14-6-7-16(22-2)17(11-14)23-3/h4-11H,1-3H3,(H,19,21). The number of hydrogen-bond donors (Lipinski definition) is 1. The molecule has 0 unspecified atom stereocenters. The minimum atomic E-state index is -0.166. The van der Waals surface area contributed by atoms with E-state index < -0.39 is 0 Å². The molecule has 2 aromatic carbocycles. The van der Waals surface area contributed by atoms with Crippen LogP contribution in [0, 0.1) is 0 Å². The van der Waals surface area contributed by atoms with Gasteiger partial charge in [0.25, 0.3) is 5.91 Å². The molecule has 0 aliphatic heterocycles. The van der Waals surface area contributed by atoms with E-state index in [2.05, 4.69) is 5.32 Å². The van der Waals surface area contributed by atoms with E-state index >= 15 is 0 Å². The van der Waals surface area contributed by atoms with E-state index in [1.54, 1.807) is 32.4 Å². The number of benzene rings is 2. The van der Waals surface area contributed by atoms with Crippen LogP contribution < -0.4 is 14.8 Å². The molecule has 3 aromatic rings. The van der Waals surface area contributed by atoms with E-state index in [4.69, 9.17) is 9.47 Å². The Bertz CT molecular complexity index is 868. The molecule has 0 aliphatic carbocycles.